The van der Waals surface area contributed by atoms with E-state index in [9.17, 15) is 10.1 Å². The van der Waals surface area contributed by atoms with Crippen LogP contribution in [0.2, 0.25) is 0 Å². The molecule has 0 spiro atoms. The van der Waals surface area contributed by atoms with Gasteiger partial charge in [0, 0.05) is 18.7 Å². The maximum absolute atomic E-state index is 10.4. The highest BCUT2D eigenvalue weighted by molar-refractivity contribution is 5.44. The summed E-state index contributed by atoms with van der Waals surface area (Å²) >= 11 is 0. The van der Waals surface area contributed by atoms with Crippen LogP contribution in [-0.2, 0) is 0 Å². The fourth-order valence-corrected chi connectivity index (χ4v) is 1.93. The molecule has 0 N–H and O–H groups in total. The van der Waals surface area contributed by atoms with Crippen LogP contribution in [0, 0.1) is 10.1 Å². The Labute approximate surface area is 87.9 Å². The van der Waals surface area contributed by atoms with E-state index in [2.05, 4.69) is 16.8 Å². The minimum atomic E-state index is -0.426. The lowest BCUT2D eigenvalue weighted by molar-refractivity contribution is -0.385. The molecule has 0 amide bonds. The highest BCUT2D eigenvalue weighted by atomic mass is 16.6. The van der Waals surface area contributed by atoms with Gasteiger partial charge in [-0.2, -0.15) is 0 Å². The molecule has 1 aliphatic rings. The van der Waals surface area contributed by atoms with E-state index in [1.807, 2.05) is 0 Å². The number of pyridine rings is 1. The third-order valence-electron chi connectivity index (χ3n) is 2.79. The molecule has 1 aromatic rings. The summed E-state index contributed by atoms with van der Waals surface area (Å²) < 4.78 is 0. The van der Waals surface area contributed by atoms with E-state index in [0.29, 0.717) is 6.04 Å². The monoisotopic (exact) mass is 207 g/mol. The van der Waals surface area contributed by atoms with Gasteiger partial charge >= 0.3 is 0 Å². The van der Waals surface area contributed by atoms with Crippen LogP contribution in [0.1, 0.15) is 19.8 Å². The lowest BCUT2D eigenvalue weighted by Gasteiger charge is -2.21. The van der Waals surface area contributed by atoms with Crippen molar-refractivity contribution in [1.29, 1.82) is 0 Å². The molecule has 5 nitrogen and oxygen atoms in total. The zero-order chi connectivity index (χ0) is 10.8. The van der Waals surface area contributed by atoms with Crippen molar-refractivity contribution in [2.75, 3.05) is 11.4 Å². The highest BCUT2D eigenvalue weighted by Crippen LogP contribution is 2.24. The molecule has 2 heterocycles. The average molecular weight is 207 g/mol. The summed E-state index contributed by atoms with van der Waals surface area (Å²) in [7, 11) is 0. The van der Waals surface area contributed by atoms with Gasteiger partial charge in [-0.3, -0.25) is 10.1 Å². The molecule has 0 aromatic carbocycles. The van der Waals surface area contributed by atoms with Crippen molar-refractivity contribution in [2.45, 2.75) is 25.8 Å². The Morgan fingerprint density at radius 3 is 2.87 bits per heavy atom. The number of anilines is 1. The van der Waals surface area contributed by atoms with Crippen LogP contribution >= 0.6 is 0 Å². The normalized spacial score (nSPS) is 20.6. The van der Waals surface area contributed by atoms with E-state index in [4.69, 9.17) is 0 Å². The van der Waals surface area contributed by atoms with Crippen LogP contribution in [0.25, 0.3) is 0 Å². The SMILES string of the molecule is C[C@@H]1CCCN1c1ccc([N+](=O)[O-])cn1. The topological polar surface area (TPSA) is 59.3 Å². The van der Waals surface area contributed by atoms with Gasteiger partial charge < -0.3 is 4.90 Å². The van der Waals surface area contributed by atoms with Crippen molar-refractivity contribution in [2.24, 2.45) is 0 Å². The predicted octanol–water partition coefficient (Wildman–Crippen LogP) is 1.98. The smallest absolute Gasteiger partial charge is 0.287 e. The number of hydrogen-bond acceptors (Lipinski definition) is 4. The second kappa shape index (κ2) is 3.84. The summed E-state index contributed by atoms with van der Waals surface area (Å²) in [6.45, 7) is 3.14. The maximum atomic E-state index is 10.4. The first kappa shape index (κ1) is 9.89. The van der Waals surface area contributed by atoms with Gasteiger partial charge in [0.2, 0.25) is 0 Å². The molecule has 0 radical (unpaired) electrons. The van der Waals surface area contributed by atoms with Crippen LogP contribution in [0.15, 0.2) is 18.3 Å². The minimum Gasteiger partial charge on any atom is -0.354 e. The third kappa shape index (κ3) is 1.91. The van der Waals surface area contributed by atoms with Crippen LogP contribution in [0.5, 0.6) is 0 Å². The Kier molecular flexibility index (Phi) is 2.53. The molecule has 0 aliphatic carbocycles. The average Bonchev–Trinajstić information content (AvgIpc) is 2.65. The van der Waals surface area contributed by atoms with E-state index in [0.717, 1.165) is 12.4 Å². The van der Waals surface area contributed by atoms with Gasteiger partial charge in [0.05, 0.1) is 4.92 Å². The lowest BCUT2D eigenvalue weighted by Crippen LogP contribution is -2.26. The van der Waals surface area contributed by atoms with E-state index in [1.54, 1.807) is 6.07 Å². The van der Waals surface area contributed by atoms with Gasteiger partial charge in [-0.15, -0.1) is 0 Å². The van der Waals surface area contributed by atoms with Crippen molar-refractivity contribution in [3.8, 4) is 0 Å². The lowest BCUT2D eigenvalue weighted by atomic mass is 10.2. The van der Waals surface area contributed by atoms with Gasteiger partial charge in [-0.25, -0.2) is 4.98 Å². The van der Waals surface area contributed by atoms with Crippen molar-refractivity contribution in [3.63, 3.8) is 0 Å². The van der Waals surface area contributed by atoms with Gasteiger partial charge in [0.25, 0.3) is 5.69 Å². The Bertz CT molecular complexity index is 363. The number of hydrogen-bond donors (Lipinski definition) is 0. The summed E-state index contributed by atoms with van der Waals surface area (Å²) in [5, 5.41) is 10.4. The van der Waals surface area contributed by atoms with E-state index >= 15 is 0 Å². The predicted molar refractivity (Wildman–Crippen MR) is 56.9 cm³/mol. The standard InChI is InChI=1S/C10H13N3O2/c1-8-3-2-6-12(8)10-5-4-9(7-11-10)13(14)15/h4-5,7-8H,2-3,6H2,1H3/t8-/m1/s1. The van der Waals surface area contributed by atoms with Crippen LogP contribution < -0.4 is 4.90 Å². The zero-order valence-corrected chi connectivity index (χ0v) is 8.59. The Balaban J connectivity index is 2.19. The molecular weight excluding hydrogens is 194 g/mol. The van der Waals surface area contributed by atoms with Gasteiger partial charge in [0.1, 0.15) is 12.0 Å². The van der Waals surface area contributed by atoms with Crippen LogP contribution in [0.3, 0.4) is 0 Å². The molecule has 5 heteroatoms. The number of nitrogens with zero attached hydrogens (tertiary/aromatic N) is 3. The molecule has 1 saturated heterocycles. The molecule has 1 fully saturated rings. The van der Waals surface area contributed by atoms with Crippen molar-refractivity contribution < 1.29 is 4.92 Å². The Hall–Kier alpha value is -1.65. The number of rotatable bonds is 2. The Morgan fingerprint density at radius 1 is 1.60 bits per heavy atom. The minimum absolute atomic E-state index is 0.0469. The zero-order valence-electron chi connectivity index (χ0n) is 8.59. The molecule has 15 heavy (non-hydrogen) atoms. The first-order chi connectivity index (χ1) is 7.18. The molecule has 1 atom stereocenters. The van der Waals surface area contributed by atoms with Gasteiger partial charge in [-0.05, 0) is 25.8 Å². The molecule has 0 saturated carbocycles. The summed E-state index contributed by atoms with van der Waals surface area (Å²) in [5.41, 5.74) is 0.0469. The molecule has 1 aliphatic heterocycles. The molecule has 0 bridgehead atoms. The summed E-state index contributed by atoms with van der Waals surface area (Å²) in [4.78, 5) is 16.3. The first-order valence-electron chi connectivity index (χ1n) is 5.05. The largest absolute Gasteiger partial charge is 0.354 e. The molecule has 2 rings (SSSR count). The summed E-state index contributed by atoms with van der Waals surface area (Å²) in [6.07, 6.45) is 3.65. The van der Waals surface area contributed by atoms with Crippen molar-refractivity contribution >= 4 is 11.5 Å². The molecular formula is C10H13N3O2. The fourth-order valence-electron chi connectivity index (χ4n) is 1.93. The molecule has 0 unspecified atom stereocenters. The second-order valence-electron chi connectivity index (χ2n) is 3.82. The van der Waals surface area contributed by atoms with Crippen molar-refractivity contribution in [1.82, 2.24) is 4.98 Å². The van der Waals surface area contributed by atoms with Crippen LogP contribution in [-0.4, -0.2) is 22.5 Å². The Morgan fingerprint density at radius 2 is 2.40 bits per heavy atom. The van der Waals surface area contributed by atoms with Gasteiger partial charge in [0.15, 0.2) is 0 Å². The summed E-state index contributed by atoms with van der Waals surface area (Å²) in [5.74, 6) is 0.839. The number of nitro groups is 1. The van der Waals surface area contributed by atoms with Crippen molar-refractivity contribution in [3.05, 3.63) is 28.4 Å². The summed E-state index contributed by atoms with van der Waals surface area (Å²) in [6, 6.07) is 3.71. The van der Waals surface area contributed by atoms with Crippen LogP contribution in [0.4, 0.5) is 11.5 Å². The van der Waals surface area contributed by atoms with E-state index in [1.165, 1.54) is 25.1 Å². The third-order valence-corrected chi connectivity index (χ3v) is 2.79. The van der Waals surface area contributed by atoms with E-state index < -0.39 is 4.92 Å². The maximum Gasteiger partial charge on any atom is 0.287 e. The molecule has 80 valence electrons. The number of aromatic nitrogens is 1. The first-order valence-corrected chi connectivity index (χ1v) is 5.05. The quantitative estimate of drug-likeness (QED) is 0.549. The fraction of sp³-hybridized carbons (Fsp3) is 0.500. The second-order valence-corrected chi connectivity index (χ2v) is 3.82. The highest BCUT2D eigenvalue weighted by Gasteiger charge is 2.21. The molecule has 1 aromatic heterocycles. The van der Waals surface area contributed by atoms with E-state index in [-0.39, 0.29) is 5.69 Å². The van der Waals surface area contributed by atoms with Gasteiger partial charge in [-0.1, -0.05) is 0 Å².